The molecule has 0 aromatic heterocycles. The molecule has 0 heterocycles. The quantitative estimate of drug-likeness (QED) is 0.320. The van der Waals surface area contributed by atoms with E-state index in [1.807, 2.05) is 0 Å². The Balaban J connectivity index is 3.61. The van der Waals surface area contributed by atoms with E-state index < -0.39 is 12.5 Å². The molecule has 6 heteroatoms. The van der Waals surface area contributed by atoms with Crippen LogP contribution in [0, 0.1) is 4.91 Å². The highest BCUT2D eigenvalue weighted by Gasteiger charge is 2.22. The number of unbranched alkanes of at least 4 members (excludes halogenated alkanes) is 4. The van der Waals surface area contributed by atoms with E-state index in [9.17, 15) is 4.91 Å². The number of rotatable bonds is 12. The van der Waals surface area contributed by atoms with Crippen molar-refractivity contribution in [2.75, 3.05) is 0 Å². The molecule has 0 aliphatic carbocycles. The molecule has 0 radical (unpaired) electrons. The topological polar surface area (TPSA) is 90.6 Å². The van der Waals surface area contributed by atoms with E-state index in [2.05, 4.69) is 13.8 Å². The van der Waals surface area contributed by atoms with Crippen molar-refractivity contribution in [3.05, 3.63) is 4.91 Å². The van der Waals surface area contributed by atoms with E-state index in [1.165, 1.54) is 0 Å². The summed E-state index contributed by atoms with van der Waals surface area (Å²) in [4.78, 5) is 20.9. The Labute approximate surface area is 109 Å². The number of nitrogens with zero attached hydrogens (tertiary/aromatic N) is 1. The van der Waals surface area contributed by atoms with Crippen LogP contribution in [0.2, 0.25) is 0 Å². The predicted molar refractivity (Wildman–Crippen MR) is 70.0 cm³/mol. The standard InChI is InChI=1S/C12H28N3O3/c1-3-5-7-9-11(13)17-15(16)18-12(14)10-8-6-4-2/h11-12H,3-10,13-14H2,1-2H3/q+1. The summed E-state index contributed by atoms with van der Waals surface area (Å²) in [5.74, 6) is 0. The third-order valence-electron chi connectivity index (χ3n) is 2.63. The molecule has 2 atom stereocenters. The zero-order chi connectivity index (χ0) is 13.8. The number of hydrogen-bond acceptors (Lipinski definition) is 5. The highest BCUT2D eigenvalue weighted by molar-refractivity contribution is 4.47. The molecule has 0 rings (SSSR count). The summed E-state index contributed by atoms with van der Waals surface area (Å²) < 4.78 is 0. The summed E-state index contributed by atoms with van der Waals surface area (Å²) in [6.45, 7) is 4.20. The van der Waals surface area contributed by atoms with Crippen molar-refractivity contribution in [1.29, 1.82) is 0 Å². The Morgan fingerprint density at radius 1 is 0.889 bits per heavy atom. The maximum atomic E-state index is 11.2. The van der Waals surface area contributed by atoms with E-state index in [0.29, 0.717) is 12.8 Å². The second kappa shape index (κ2) is 11.2. The molecule has 0 aliphatic heterocycles. The lowest BCUT2D eigenvalue weighted by molar-refractivity contribution is -0.992. The SMILES string of the molecule is CCCCCC(N)O[N+](=O)OC(N)CCCCC. The Morgan fingerprint density at radius 3 is 1.61 bits per heavy atom. The van der Waals surface area contributed by atoms with Gasteiger partial charge in [-0.3, -0.25) is 11.5 Å². The van der Waals surface area contributed by atoms with E-state index in [4.69, 9.17) is 21.1 Å². The summed E-state index contributed by atoms with van der Waals surface area (Å²) in [5.41, 5.74) is 11.3. The molecule has 0 aromatic carbocycles. The van der Waals surface area contributed by atoms with E-state index in [0.717, 1.165) is 38.5 Å². The first-order valence-corrected chi connectivity index (χ1v) is 6.92. The van der Waals surface area contributed by atoms with Crippen LogP contribution in [0.15, 0.2) is 0 Å². The highest BCUT2D eigenvalue weighted by Crippen LogP contribution is 2.05. The van der Waals surface area contributed by atoms with Gasteiger partial charge in [-0.25, -0.2) is 0 Å². The molecule has 0 amide bonds. The van der Waals surface area contributed by atoms with Crippen LogP contribution in [0.5, 0.6) is 0 Å². The van der Waals surface area contributed by atoms with Gasteiger partial charge in [-0.2, -0.15) is 9.68 Å². The Hall–Kier alpha value is -0.880. The Kier molecular flexibility index (Phi) is 10.7. The van der Waals surface area contributed by atoms with Crippen molar-refractivity contribution in [1.82, 2.24) is 0 Å². The van der Waals surface area contributed by atoms with Gasteiger partial charge in [0.05, 0.1) is 0 Å². The third-order valence-corrected chi connectivity index (χ3v) is 2.63. The van der Waals surface area contributed by atoms with Gasteiger partial charge in [0.2, 0.25) is 12.5 Å². The van der Waals surface area contributed by atoms with Crippen molar-refractivity contribution in [3.63, 3.8) is 0 Å². The van der Waals surface area contributed by atoms with E-state index >= 15 is 0 Å². The van der Waals surface area contributed by atoms with Gasteiger partial charge in [0.25, 0.3) is 0 Å². The van der Waals surface area contributed by atoms with Crippen LogP contribution in [0.3, 0.4) is 0 Å². The van der Waals surface area contributed by atoms with Gasteiger partial charge in [0.1, 0.15) is 4.91 Å². The first kappa shape index (κ1) is 17.1. The van der Waals surface area contributed by atoms with Gasteiger partial charge in [-0.05, 0) is 12.8 Å². The van der Waals surface area contributed by atoms with E-state index in [-0.39, 0.29) is 5.09 Å². The van der Waals surface area contributed by atoms with Gasteiger partial charge in [0, 0.05) is 12.8 Å². The average Bonchev–Trinajstić information content (AvgIpc) is 2.29. The fraction of sp³-hybridized carbons (Fsp3) is 1.00. The monoisotopic (exact) mass is 262 g/mol. The fourth-order valence-corrected chi connectivity index (χ4v) is 1.54. The van der Waals surface area contributed by atoms with Crippen molar-refractivity contribution in [2.45, 2.75) is 77.7 Å². The first-order chi connectivity index (χ1) is 8.60. The Bertz CT molecular complexity index is 195. The van der Waals surface area contributed by atoms with Crippen molar-refractivity contribution in [3.8, 4) is 0 Å². The highest BCUT2D eigenvalue weighted by atomic mass is 17.0. The normalized spacial score (nSPS) is 14.0. The molecule has 0 aliphatic rings. The minimum absolute atomic E-state index is 0.0488. The smallest absolute Gasteiger partial charge is 0.290 e. The molecule has 0 bridgehead atoms. The summed E-state index contributed by atoms with van der Waals surface area (Å²) in [5, 5.41) is 0.0488. The fourth-order valence-electron chi connectivity index (χ4n) is 1.54. The lowest BCUT2D eigenvalue weighted by atomic mass is 10.2. The zero-order valence-corrected chi connectivity index (χ0v) is 11.6. The largest absolute Gasteiger partial charge is 0.480 e. The molecule has 2 unspecified atom stereocenters. The van der Waals surface area contributed by atoms with E-state index in [1.54, 1.807) is 0 Å². The number of nitrogens with two attached hydrogens (primary N) is 2. The maximum Gasteiger partial charge on any atom is 0.480 e. The average molecular weight is 262 g/mol. The predicted octanol–water partition coefficient (Wildman–Crippen LogP) is 2.36. The molecule has 4 N–H and O–H groups in total. The number of hydrogen-bond donors (Lipinski definition) is 2. The van der Waals surface area contributed by atoms with Gasteiger partial charge in [-0.15, -0.1) is 0 Å². The summed E-state index contributed by atoms with van der Waals surface area (Å²) in [7, 11) is 0. The Morgan fingerprint density at radius 2 is 1.28 bits per heavy atom. The molecule has 6 nitrogen and oxygen atoms in total. The van der Waals surface area contributed by atoms with Crippen molar-refractivity contribution in [2.24, 2.45) is 11.5 Å². The second-order valence-corrected chi connectivity index (χ2v) is 4.50. The van der Waals surface area contributed by atoms with Crippen LogP contribution in [0.1, 0.15) is 65.2 Å². The van der Waals surface area contributed by atoms with Crippen LogP contribution in [-0.4, -0.2) is 17.5 Å². The molecule has 0 spiro atoms. The third kappa shape index (κ3) is 10.3. The molecular formula is C12H28N3O3+. The molecular weight excluding hydrogens is 234 g/mol. The molecule has 18 heavy (non-hydrogen) atoms. The zero-order valence-electron chi connectivity index (χ0n) is 11.6. The van der Waals surface area contributed by atoms with Crippen LogP contribution >= 0.6 is 0 Å². The maximum absolute atomic E-state index is 11.2. The summed E-state index contributed by atoms with van der Waals surface area (Å²) in [6.07, 6.45) is 6.26. The molecule has 0 saturated carbocycles. The lowest BCUT2D eigenvalue weighted by Crippen LogP contribution is -2.34. The molecule has 108 valence electrons. The van der Waals surface area contributed by atoms with Crippen LogP contribution in [-0.2, 0) is 9.68 Å². The summed E-state index contributed by atoms with van der Waals surface area (Å²) in [6, 6.07) is 0. The van der Waals surface area contributed by atoms with Crippen LogP contribution in [0.25, 0.3) is 0 Å². The first-order valence-electron chi connectivity index (χ1n) is 6.92. The molecule has 0 fully saturated rings. The van der Waals surface area contributed by atoms with Crippen molar-refractivity contribution < 1.29 is 14.8 Å². The minimum atomic E-state index is -0.628. The van der Waals surface area contributed by atoms with Gasteiger partial charge in [-0.1, -0.05) is 39.5 Å². The summed E-state index contributed by atoms with van der Waals surface area (Å²) >= 11 is 0. The van der Waals surface area contributed by atoms with Gasteiger partial charge < -0.3 is 0 Å². The van der Waals surface area contributed by atoms with Gasteiger partial charge >= 0.3 is 5.09 Å². The van der Waals surface area contributed by atoms with Gasteiger partial charge in [0.15, 0.2) is 0 Å². The lowest BCUT2D eigenvalue weighted by Gasteiger charge is -2.07. The van der Waals surface area contributed by atoms with Crippen molar-refractivity contribution >= 4 is 0 Å². The minimum Gasteiger partial charge on any atom is -0.290 e. The van der Waals surface area contributed by atoms with Crippen LogP contribution in [0.4, 0.5) is 0 Å². The second-order valence-electron chi connectivity index (χ2n) is 4.50. The molecule has 0 saturated heterocycles. The van der Waals surface area contributed by atoms with Crippen LogP contribution < -0.4 is 11.5 Å². The molecule has 0 aromatic rings.